The third-order valence-corrected chi connectivity index (χ3v) is 3.24. The minimum absolute atomic E-state index is 0.517. The first-order valence-corrected chi connectivity index (χ1v) is 5.99. The number of rotatable bonds is 3. The molecule has 1 aliphatic heterocycles. The van der Waals surface area contributed by atoms with Crippen LogP contribution in [0.4, 0.5) is 11.4 Å². The summed E-state index contributed by atoms with van der Waals surface area (Å²) in [6, 6.07) is 5.89. The van der Waals surface area contributed by atoms with Gasteiger partial charge in [-0.3, -0.25) is 0 Å². The van der Waals surface area contributed by atoms with Gasteiger partial charge in [0.1, 0.15) is 0 Å². The first-order chi connectivity index (χ1) is 8.09. The van der Waals surface area contributed by atoms with Crippen LogP contribution in [0.5, 0.6) is 0 Å². The molecule has 0 aliphatic carbocycles. The molecule has 4 nitrogen and oxygen atoms in total. The highest BCUT2D eigenvalue weighted by Gasteiger charge is 2.29. The fourth-order valence-electron chi connectivity index (χ4n) is 2.03. The molecule has 4 heteroatoms. The van der Waals surface area contributed by atoms with Crippen LogP contribution in [0, 0.1) is 6.92 Å². The smallest absolute Gasteiger partial charge is 0.0863 e. The van der Waals surface area contributed by atoms with Crippen molar-refractivity contribution in [2.24, 2.45) is 0 Å². The molecule has 94 valence electrons. The molecule has 0 unspecified atom stereocenters. The molecule has 0 radical (unpaired) electrons. The minimum Gasteiger partial charge on any atom is -0.397 e. The molecule has 0 bridgehead atoms. The van der Waals surface area contributed by atoms with Crippen molar-refractivity contribution in [2.75, 3.05) is 30.8 Å². The molecule has 0 atom stereocenters. The number of nitrogens with one attached hydrogen (secondary N) is 1. The van der Waals surface area contributed by atoms with E-state index in [0.717, 1.165) is 16.9 Å². The monoisotopic (exact) mass is 236 g/mol. The molecule has 0 spiro atoms. The maximum absolute atomic E-state index is 10.3. The second kappa shape index (κ2) is 4.94. The number of ether oxygens (including phenoxy) is 1. The summed E-state index contributed by atoms with van der Waals surface area (Å²) in [5, 5.41) is 13.5. The molecule has 1 aliphatic rings. The van der Waals surface area contributed by atoms with Crippen LogP contribution in [0.3, 0.4) is 0 Å². The molecule has 1 saturated heterocycles. The van der Waals surface area contributed by atoms with Crippen LogP contribution in [0.15, 0.2) is 18.2 Å². The largest absolute Gasteiger partial charge is 0.397 e. The molecule has 1 aromatic rings. The topological polar surface area (TPSA) is 67.5 Å². The summed E-state index contributed by atoms with van der Waals surface area (Å²) in [6.07, 6.45) is 1.34. The summed E-state index contributed by atoms with van der Waals surface area (Å²) in [5.74, 6) is 0. The van der Waals surface area contributed by atoms with Gasteiger partial charge in [-0.05, 0) is 24.6 Å². The lowest BCUT2D eigenvalue weighted by Gasteiger charge is -2.32. The van der Waals surface area contributed by atoms with Crippen LogP contribution in [-0.2, 0) is 4.74 Å². The van der Waals surface area contributed by atoms with E-state index in [1.165, 1.54) is 0 Å². The zero-order chi connectivity index (χ0) is 12.3. The fraction of sp³-hybridized carbons (Fsp3) is 0.538. The Morgan fingerprint density at radius 1 is 1.41 bits per heavy atom. The summed E-state index contributed by atoms with van der Waals surface area (Å²) in [7, 11) is 0. The third-order valence-electron chi connectivity index (χ3n) is 3.24. The predicted octanol–water partition coefficient (Wildman–Crippen LogP) is 1.53. The van der Waals surface area contributed by atoms with E-state index >= 15 is 0 Å². The number of aryl methyl sites for hydroxylation is 1. The van der Waals surface area contributed by atoms with Gasteiger partial charge >= 0.3 is 0 Å². The standard InChI is InChI=1S/C13H20N2O2/c1-10-2-3-12(11(14)8-10)15-9-13(16)4-6-17-7-5-13/h2-3,8,15-16H,4-7,9,14H2,1H3. The number of anilines is 2. The summed E-state index contributed by atoms with van der Waals surface area (Å²) in [6.45, 7) is 3.78. The van der Waals surface area contributed by atoms with Gasteiger partial charge < -0.3 is 20.9 Å². The van der Waals surface area contributed by atoms with Gasteiger partial charge in [-0.1, -0.05) is 6.07 Å². The van der Waals surface area contributed by atoms with Crippen molar-refractivity contribution in [3.05, 3.63) is 23.8 Å². The van der Waals surface area contributed by atoms with E-state index in [2.05, 4.69) is 5.32 Å². The zero-order valence-electron chi connectivity index (χ0n) is 10.2. The summed E-state index contributed by atoms with van der Waals surface area (Å²) >= 11 is 0. The first-order valence-electron chi connectivity index (χ1n) is 5.99. The first kappa shape index (κ1) is 12.2. The van der Waals surface area contributed by atoms with Crippen molar-refractivity contribution in [3.63, 3.8) is 0 Å². The molecular weight excluding hydrogens is 216 g/mol. The maximum atomic E-state index is 10.3. The molecule has 17 heavy (non-hydrogen) atoms. The highest BCUT2D eigenvalue weighted by Crippen LogP contribution is 2.24. The Morgan fingerprint density at radius 2 is 2.12 bits per heavy atom. The molecule has 4 N–H and O–H groups in total. The van der Waals surface area contributed by atoms with Crippen molar-refractivity contribution >= 4 is 11.4 Å². The van der Waals surface area contributed by atoms with Gasteiger partial charge in [0.2, 0.25) is 0 Å². The van der Waals surface area contributed by atoms with Crippen LogP contribution >= 0.6 is 0 Å². The van der Waals surface area contributed by atoms with Gasteiger partial charge in [-0.15, -0.1) is 0 Å². The van der Waals surface area contributed by atoms with E-state index < -0.39 is 5.60 Å². The lowest BCUT2D eigenvalue weighted by atomic mass is 9.94. The molecule has 1 aromatic carbocycles. The Kier molecular flexibility index (Phi) is 3.54. The fourth-order valence-corrected chi connectivity index (χ4v) is 2.03. The number of hydrogen-bond donors (Lipinski definition) is 3. The van der Waals surface area contributed by atoms with Gasteiger partial charge in [0.25, 0.3) is 0 Å². The second-order valence-electron chi connectivity index (χ2n) is 4.78. The number of nitrogen functional groups attached to an aromatic ring is 1. The highest BCUT2D eigenvalue weighted by molar-refractivity contribution is 5.66. The molecular formula is C13H20N2O2. The van der Waals surface area contributed by atoms with Crippen molar-refractivity contribution in [1.82, 2.24) is 0 Å². The van der Waals surface area contributed by atoms with Gasteiger partial charge in [-0.25, -0.2) is 0 Å². The van der Waals surface area contributed by atoms with Crippen LogP contribution in [0.25, 0.3) is 0 Å². The highest BCUT2D eigenvalue weighted by atomic mass is 16.5. The summed E-state index contributed by atoms with van der Waals surface area (Å²) < 4.78 is 5.24. The average Bonchev–Trinajstić information content (AvgIpc) is 2.29. The van der Waals surface area contributed by atoms with E-state index in [4.69, 9.17) is 10.5 Å². The Hall–Kier alpha value is -1.26. The minimum atomic E-state index is -0.671. The van der Waals surface area contributed by atoms with Gasteiger partial charge in [0.05, 0.1) is 17.0 Å². The molecule has 0 amide bonds. The van der Waals surface area contributed by atoms with Crippen LogP contribution in [-0.4, -0.2) is 30.5 Å². The Labute approximate surface area is 102 Å². The van der Waals surface area contributed by atoms with E-state index in [0.29, 0.717) is 32.6 Å². The van der Waals surface area contributed by atoms with Crippen molar-refractivity contribution in [1.29, 1.82) is 0 Å². The van der Waals surface area contributed by atoms with Crippen LogP contribution in [0.2, 0.25) is 0 Å². The normalized spacial score (nSPS) is 18.9. The second-order valence-corrected chi connectivity index (χ2v) is 4.78. The zero-order valence-corrected chi connectivity index (χ0v) is 10.2. The number of nitrogens with two attached hydrogens (primary N) is 1. The summed E-state index contributed by atoms with van der Waals surface area (Å²) in [4.78, 5) is 0. The molecule has 1 fully saturated rings. The van der Waals surface area contributed by atoms with Gasteiger partial charge in [0.15, 0.2) is 0 Å². The number of hydrogen-bond acceptors (Lipinski definition) is 4. The average molecular weight is 236 g/mol. The quantitative estimate of drug-likeness (QED) is 0.696. The van der Waals surface area contributed by atoms with Crippen LogP contribution in [0.1, 0.15) is 18.4 Å². The van der Waals surface area contributed by atoms with E-state index in [-0.39, 0.29) is 0 Å². The van der Waals surface area contributed by atoms with Crippen molar-refractivity contribution in [2.45, 2.75) is 25.4 Å². The summed E-state index contributed by atoms with van der Waals surface area (Å²) in [5.41, 5.74) is 7.98. The third kappa shape index (κ3) is 3.11. The number of benzene rings is 1. The maximum Gasteiger partial charge on any atom is 0.0863 e. The SMILES string of the molecule is Cc1ccc(NCC2(O)CCOCC2)c(N)c1. The molecule has 1 heterocycles. The van der Waals surface area contributed by atoms with E-state index in [1.54, 1.807) is 0 Å². The molecule has 0 aromatic heterocycles. The molecule has 2 rings (SSSR count). The van der Waals surface area contributed by atoms with E-state index in [1.807, 2.05) is 25.1 Å². The molecule has 0 saturated carbocycles. The Bertz CT molecular complexity index is 387. The lowest BCUT2D eigenvalue weighted by molar-refractivity contribution is -0.0543. The van der Waals surface area contributed by atoms with Gasteiger partial charge in [-0.2, -0.15) is 0 Å². The van der Waals surface area contributed by atoms with Crippen molar-refractivity contribution < 1.29 is 9.84 Å². The van der Waals surface area contributed by atoms with E-state index in [9.17, 15) is 5.11 Å². The van der Waals surface area contributed by atoms with Gasteiger partial charge in [0, 0.05) is 32.6 Å². The van der Waals surface area contributed by atoms with Crippen LogP contribution < -0.4 is 11.1 Å². The Balaban J connectivity index is 1.97. The lowest BCUT2D eigenvalue weighted by Crippen LogP contribution is -2.42. The van der Waals surface area contributed by atoms with Crippen molar-refractivity contribution in [3.8, 4) is 0 Å². The number of aliphatic hydroxyl groups is 1. The Morgan fingerprint density at radius 3 is 2.76 bits per heavy atom. The predicted molar refractivity (Wildman–Crippen MR) is 69.1 cm³/mol.